The lowest BCUT2D eigenvalue weighted by molar-refractivity contribution is 0.151. The van der Waals surface area contributed by atoms with Crippen molar-refractivity contribution < 1.29 is 5.11 Å². The molecule has 5 heteroatoms. The number of hydrogen-bond acceptors (Lipinski definition) is 3. The van der Waals surface area contributed by atoms with E-state index in [1.165, 1.54) is 5.69 Å². The van der Waals surface area contributed by atoms with Gasteiger partial charge < -0.3 is 5.11 Å². The summed E-state index contributed by atoms with van der Waals surface area (Å²) in [5.74, 6) is 0. The van der Waals surface area contributed by atoms with Crippen molar-refractivity contribution in [2.24, 2.45) is 0 Å². The molecule has 1 aromatic rings. The summed E-state index contributed by atoms with van der Waals surface area (Å²) in [5.41, 5.74) is 2.18. The number of aromatic nitrogens is 2. The Morgan fingerprint density at radius 1 is 1.56 bits per heavy atom. The molecule has 0 aliphatic heterocycles. The summed E-state index contributed by atoms with van der Waals surface area (Å²) in [4.78, 5) is 2.12. The van der Waals surface area contributed by atoms with Gasteiger partial charge in [0.15, 0.2) is 0 Å². The Bertz CT molecular complexity index is 351. The van der Waals surface area contributed by atoms with Gasteiger partial charge in [0.2, 0.25) is 0 Å². The van der Waals surface area contributed by atoms with Crippen LogP contribution in [-0.2, 0) is 13.1 Å². The van der Waals surface area contributed by atoms with E-state index in [1.54, 1.807) is 0 Å². The topological polar surface area (TPSA) is 41.3 Å². The number of aliphatic hydroxyl groups is 1. The van der Waals surface area contributed by atoms with Gasteiger partial charge in [-0.25, -0.2) is 0 Å². The third kappa shape index (κ3) is 2.84. The van der Waals surface area contributed by atoms with Crippen LogP contribution in [-0.4, -0.2) is 39.5 Å². The van der Waals surface area contributed by atoms with Gasteiger partial charge in [-0.05, 0) is 43.7 Å². The maximum Gasteiger partial charge on any atom is 0.0739 e. The Morgan fingerprint density at radius 3 is 2.69 bits per heavy atom. The molecule has 0 spiro atoms. The molecule has 16 heavy (non-hydrogen) atoms. The van der Waals surface area contributed by atoms with Gasteiger partial charge in [0, 0.05) is 19.1 Å². The molecule has 92 valence electrons. The Labute approximate surface area is 105 Å². The molecule has 0 amide bonds. The molecule has 1 heterocycles. The van der Waals surface area contributed by atoms with Crippen LogP contribution in [0.5, 0.6) is 0 Å². The second-order valence-corrected chi connectivity index (χ2v) is 4.90. The number of hydrogen-bond donors (Lipinski definition) is 1. The minimum atomic E-state index is 0.160. The third-order valence-electron chi connectivity index (χ3n) is 2.87. The van der Waals surface area contributed by atoms with E-state index in [9.17, 15) is 0 Å². The molecule has 4 nitrogen and oxygen atoms in total. The van der Waals surface area contributed by atoms with Gasteiger partial charge in [0.1, 0.15) is 0 Å². The Kier molecular flexibility index (Phi) is 4.95. The molecule has 0 aliphatic rings. The second-order valence-electron chi connectivity index (χ2n) is 4.11. The molecule has 1 N–H and O–H groups in total. The highest BCUT2D eigenvalue weighted by atomic mass is 79.9. The predicted molar refractivity (Wildman–Crippen MR) is 68.4 cm³/mol. The van der Waals surface area contributed by atoms with E-state index in [1.807, 2.05) is 25.6 Å². The van der Waals surface area contributed by atoms with Crippen LogP contribution in [0.2, 0.25) is 0 Å². The Hall–Kier alpha value is -0.390. The molecule has 1 rings (SSSR count). The summed E-state index contributed by atoms with van der Waals surface area (Å²) in [6.07, 6.45) is 0. The van der Waals surface area contributed by atoms with Crippen LogP contribution < -0.4 is 0 Å². The first-order valence-electron chi connectivity index (χ1n) is 5.54. The van der Waals surface area contributed by atoms with Gasteiger partial charge in [-0.15, -0.1) is 0 Å². The Balaban J connectivity index is 2.87. The lowest BCUT2D eigenvalue weighted by Gasteiger charge is -2.23. The highest BCUT2D eigenvalue weighted by Gasteiger charge is 2.16. The molecule has 0 saturated carbocycles. The minimum absolute atomic E-state index is 0.160. The molecule has 1 atom stereocenters. The highest BCUT2D eigenvalue weighted by Crippen LogP contribution is 2.22. The van der Waals surface area contributed by atoms with Crippen LogP contribution in [0, 0.1) is 6.92 Å². The average molecular weight is 290 g/mol. The summed E-state index contributed by atoms with van der Waals surface area (Å²) >= 11 is 3.57. The van der Waals surface area contributed by atoms with Crippen LogP contribution in [0.3, 0.4) is 0 Å². The van der Waals surface area contributed by atoms with Gasteiger partial charge in [-0.3, -0.25) is 9.58 Å². The molecular weight excluding hydrogens is 270 g/mol. The van der Waals surface area contributed by atoms with Gasteiger partial charge >= 0.3 is 0 Å². The molecule has 0 saturated heterocycles. The van der Waals surface area contributed by atoms with Crippen LogP contribution in [0.15, 0.2) is 4.47 Å². The standard InChI is InChI=1S/C11H20BrN3O/c1-5-15-10(11(12)9(3)13-15)6-14(4)8(2)7-16/h8,16H,5-7H2,1-4H3. The van der Waals surface area contributed by atoms with Gasteiger partial charge in [-0.1, -0.05) is 0 Å². The first-order valence-corrected chi connectivity index (χ1v) is 6.33. The molecule has 0 radical (unpaired) electrons. The van der Waals surface area contributed by atoms with Gasteiger partial charge in [0.25, 0.3) is 0 Å². The summed E-state index contributed by atoms with van der Waals surface area (Å²) in [7, 11) is 2.01. The fourth-order valence-electron chi connectivity index (χ4n) is 1.55. The summed E-state index contributed by atoms with van der Waals surface area (Å²) in [5, 5.41) is 13.6. The van der Waals surface area contributed by atoms with Crippen molar-refractivity contribution >= 4 is 15.9 Å². The molecule has 0 bridgehead atoms. The predicted octanol–water partition coefficient (Wildman–Crippen LogP) is 1.79. The number of halogens is 1. The molecule has 1 aromatic heterocycles. The van der Waals surface area contributed by atoms with Crippen LogP contribution in [0.4, 0.5) is 0 Å². The van der Waals surface area contributed by atoms with Gasteiger partial charge in [0.05, 0.1) is 22.5 Å². The first-order chi connectivity index (χ1) is 7.51. The number of aryl methyl sites for hydroxylation is 2. The van der Waals surface area contributed by atoms with E-state index < -0.39 is 0 Å². The lowest BCUT2D eigenvalue weighted by atomic mass is 10.3. The van der Waals surface area contributed by atoms with Crippen LogP contribution in [0.1, 0.15) is 25.2 Å². The van der Waals surface area contributed by atoms with Crippen molar-refractivity contribution in [3.05, 3.63) is 15.9 Å². The highest BCUT2D eigenvalue weighted by molar-refractivity contribution is 9.10. The number of likely N-dealkylation sites (N-methyl/N-ethyl adjacent to an activating group) is 1. The summed E-state index contributed by atoms with van der Waals surface area (Å²) in [6.45, 7) is 7.91. The molecule has 0 fully saturated rings. The summed E-state index contributed by atoms with van der Waals surface area (Å²) < 4.78 is 3.08. The quantitative estimate of drug-likeness (QED) is 0.899. The first kappa shape index (κ1) is 13.7. The van der Waals surface area contributed by atoms with Crippen LogP contribution in [0.25, 0.3) is 0 Å². The fraction of sp³-hybridized carbons (Fsp3) is 0.727. The van der Waals surface area contributed by atoms with Crippen molar-refractivity contribution in [1.29, 1.82) is 0 Å². The SMILES string of the molecule is CCn1nc(C)c(Br)c1CN(C)C(C)CO. The fourth-order valence-corrected chi connectivity index (χ4v) is 1.96. The van der Waals surface area contributed by atoms with Crippen molar-refractivity contribution in [3.8, 4) is 0 Å². The van der Waals surface area contributed by atoms with Crippen LogP contribution >= 0.6 is 15.9 Å². The average Bonchev–Trinajstić information content (AvgIpc) is 2.55. The molecular formula is C11H20BrN3O. The molecule has 0 aromatic carbocycles. The summed E-state index contributed by atoms with van der Waals surface area (Å²) in [6, 6.07) is 0.160. The number of rotatable bonds is 5. The van der Waals surface area contributed by atoms with Crippen molar-refractivity contribution in [3.63, 3.8) is 0 Å². The van der Waals surface area contributed by atoms with E-state index in [0.717, 1.165) is 23.3 Å². The zero-order valence-electron chi connectivity index (χ0n) is 10.4. The molecule has 1 unspecified atom stereocenters. The minimum Gasteiger partial charge on any atom is -0.395 e. The third-order valence-corrected chi connectivity index (χ3v) is 3.90. The second kappa shape index (κ2) is 5.80. The monoisotopic (exact) mass is 289 g/mol. The number of nitrogens with zero attached hydrogens (tertiary/aromatic N) is 3. The maximum atomic E-state index is 9.11. The maximum absolute atomic E-state index is 9.11. The van der Waals surface area contributed by atoms with E-state index in [-0.39, 0.29) is 12.6 Å². The zero-order valence-corrected chi connectivity index (χ0v) is 12.0. The van der Waals surface area contributed by atoms with E-state index in [2.05, 4.69) is 32.9 Å². The van der Waals surface area contributed by atoms with Crippen molar-refractivity contribution in [2.45, 2.75) is 39.9 Å². The van der Waals surface area contributed by atoms with E-state index in [0.29, 0.717) is 0 Å². The van der Waals surface area contributed by atoms with Crippen molar-refractivity contribution in [1.82, 2.24) is 14.7 Å². The number of aliphatic hydroxyl groups excluding tert-OH is 1. The largest absolute Gasteiger partial charge is 0.395 e. The lowest BCUT2D eigenvalue weighted by Crippen LogP contribution is -2.32. The van der Waals surface area contributed by atoms with Gasteiger partial charge in [-0.2, -0.15) is 5.10 Å². The Morgan fingerprint density at radius 2 is 2.19 bits per heavy atom. The van der Waals surface area contributed by atoms with Crippen molar-refractivity contribution in [2.75, 3.05) is 13.7 Å². The van der Waals surface area contributed by atoms with E-state index in [4.69, 9.17) is 5.11 Å². The zero-order chi connectivity index (χ0) is 12.3. The normalized spacial score (nSPS) is 13.4. The smallest absolute Gasteiger partial charge is 0.0739 e. The van der Waals surface area contributed by atoms with E-state index >= 15 is 0 Å². The molecule has 0 aliphatic carbocycles.